The van der Waals surface area contributed by atoms with E-state index in [-0.39, 0.29) is 11.8 Å². The van der Waals surface area contributed by atoms with E-state index in [1.165, 1.54) is 18.9 Å². The van der Waals surface area contributed by atoms with E-state index in [2.05, 4.69) is 4.90 Å². The molecule has 2 aliphatic heterocycles. The molecular weight excluding hydrogens is 385 g/mol. The molecule has 0 atom stereocenters. The molecule has 3 rings (SSSR count). The van der Waals surface area contributed by atoms with Gasteiger partial charge in [-0.1, -0.05) is 29.3 Å². The Morgan fingerprint density at radius 1 is 1.00 bits per heavy atom. The van der Waals surface area contributed by atoms with Crippen LogP contribution in [0.2, 0.25) is 10.0 Å². The summed E-state index contributed by atoms with van der Waals surface area (Å²) in [6, 6.07) is 5.24. The van der Waals surface area contributed by atoms with Crippen molar-refractivity contribution in [3.05, 3.63) is 39.9 Å². The van der Waals surface area contributed by atoms with Crippen molar-refractivity contribution in [2.24, 2.45) is 0 Å². The number of benzene rings is 1. The molecule has 2 aliphatic rings. The number of likely N-dealkylation sites (tertiary alicyclic amines) is 1. The maximum atomic E-state index is 12.5. The van der Waals surface area contributed by atoms with E-state index < -0.39 is 0 Å². The number of carbonyl (C=O) groups is 2. The molecular formula is C20H25Cl2N3O2. The summed E-state index contributed by atoms with van der Waals surface area (Å²) in [6.45, 7) is 5.56. The molecule has 2 amide bonds. The fourth-order valence-corrected chi connectivity index (χ4v) is 3.79. The molecule has 0 radical (unpaired) electrons. The third-order valence-corrected chi connectivity index (χ3v) is 5.89. The van der Waals surface area contributed by atoms with E-state index in [1.807, 2.05) is 11.0 Å². The third-order valence-electron chi connectivity index (χ3n) is 5.15. The zero-order valence-electron chi connectivity index (χ0n) is 15.4. The number of hydrogen-bond donors (Lipinski definition) is 0. The highest BCUT2D eigenvalue weighted by molar-refractivity contribution is 6.42. The molecule has 0 N–H and O–H groups in total. The van der Waals surface area contributed by atoms with Crippen LogP contribution in [-0.2, 0) is 9.59 Å². The van der Waals surface area contributed by atoms with E-state index in [4.69, 9.17) is 23.2 Å². The summed E-state index contributed by atoms with van der Waals surface area (Å²) in [5.74, 6) is 0.0493. The summed E-state index contributed by atoms with van der Waals surface area (Å²) >= 11 is 11.9. The Labute approximate surface area is 170 Å². The average Bonchev–Trinajstić information content (AvgIpc) is 3.11. The lowest BCUT2D eigenvalue weighted by molar-refractivity contribution is -0.130. The van der Waals surface area contributed by atoms with Gasteiger partial charge in [-0.2, -0.15) is 0 Å². The predicted molar refractivity (Wildman–Crippen MR) is 109 cm³/mol. The first kappa shape index (κ1) is 20.2. The molecule has 2 fully saturated rings. The molecule has 0 aromatic heterocycles. The molecule has 0 unspecified atom stereocenters. The van der Waals surface area contributed by atoms with Gasteiger partial charge in [-0.25, -0.2) is 0 Å². The summed E-state index contributed by atoms with van der Waals surface area (Å²) in [7, 11) is 0. The van der Waals surface area contributed by atoms with Crippen LogP contribution in [0.5, 0.6) is 0 Å². The highest BCUT2D eigenvalue weighted by atomic mass is 35.5. The molecule has 0 spiro atoms. The molecule has 5 nitrogen and oxygen atoms in total. The van der Waals surface area contributed by atoms with Gasteiger partial charge in [0.1, 0.15) is 0 Å². The SMILES string of the molecule is O=C(C=Cc1ccc(Cl)c(Cl)c1)N1CCC(=O)N(CCN2CCCC2)CC1. The summed E-state index contributed by atoms with van der Waals surface area (Å²) in [4.78, 5) is 30.9. The van der Waals surface area contributed by atoms with Gasteiger partial charge in [-0.15, -0.1) is 0 Å². The lowest BCUT2D eigenvalue weighted by Crippen LogP contribution is -2.39. The fourth-order valence-electron chi connectivity index (χ4n) is 3.48. The van der Waals surface area contributed by atoms with Crippen LogP contribution in [0, 0.1) is 0 Å². The Morgan fingerprint density at radius 2 is 1.78 bits per heavy atom. The first-order valence-corrected chi connectivity index (χ1v) is 10.2. The normalized spacial score (nSPS) is 19.1. The molecule has 0 aliphatic carbocycles. The van der Waals surface area contributed by atoms with Crippen LogP contribution in [-0.4, -0.2) is 72.3 Å². The highest BCUT2D eigenvalue weighted by Gasteiger charge is 2.23. The standard InChI is InChI=1S/C20H25Cl2N3O2/c21-17-5-3-16(15-18(17)22)4-6-19(26)24-10-7-20(27)25(14-13-24)12-11-23-8-1-2-9-23/h3-6,15H,1-2,7-14H2. The van der Waals surface area contributed by atoms with Crippen LogP contribution in [0.1, 0.15) is 24.8 Å². The minimum absolute atomic E-state index is 0.0877. The predicted octanol–water partition coefficient (Wildman–Crippen LogP) is 3.16. The third kappa shape index (κ3) is 5.71. The summed E-state index contributed by atoms with van der Waals surface area (Å²) in [5.41, 5.74) is 0.816. The maximum absolute atomic E-state index is 12.5. The van der Waals surface area contributed by atoms with Gasteiger partial charge in [-0.05, 0) is 49.7 Å². The summed E-state index contributed by atoms with van der Waals surface area (Å²) in [6.07, 6.45) is 6.14. The van der Waals surface area contributed by atoms with Crippen molar-refractivity contribution < 1.29 is 9.59 Å². The quantitative estimate of drug-likeness (QED) is 0.701. The van der Waals surface area contributed by atoms with Crippen LogP contribution in [0.3, 0.4) is 0 Å². The van der Waals surface area contributed by atoms with Crippen molar-refractivity contribution in [1.29, 1.82) is 0 Å². The van der Waals surface area contributed by atoms with E-state index in [0.717, 1.165) is 31.7 Å². The van der Waals surface area contributed by atoms with Crippen LogP contribution in [0.4, 0.5) is 0 Å². The fraction of sp³-hybridized carbons (Fsp3) is 0.500. The van der Waals surface area contributed by atoms with Crippen LogP contribution >= 0.6 is 23.2 Å². The van der Waals surface area contributed by atoms with Crippen molar-refractivity contribution in [3.8, 4) is 0 Å². The number of hydrogen-bond acceptors (Lipinski definition) is 3. The molecule has 0 saturated carbocycles. The van der Waals surface area contributed by atoms with Crippen LogP contribution < -0.4 is 0 Å². The first-order valence-electron chi connectivity index (χ1n) is 9.45. The molecule has 2 saturated heterocycles. The number of halogens is 2. The Kier molecular flexibility index (Phi) is 7.16. The van der Waals surface area contributed by atoms with Crippen LogP contribution in [0.25, 0.3) is 6.08 Å². The van der Waals surface area contributed by atoms with Crippen molar-refractivity contribution in [2.45, 2.75) is 19.3 Å². The lowest BCUT2D eigenvalue weighted by atomic mass is 10.2. The van der Waals surface area contributed by atoms with Gasteiger partial charge >= 0.3 is 0 Å². The van der Waals surface area contributed by atoms with Gasteiger partial charge in [0.05, 0.1) is 10.0 Å². The van der Waals surface area contributed by atoms with Gasteiger partial charge in [0.25, 0.3) is 0 Å². The molecule has 7 heteroatoms. The van der Waals surface area contributed by atoms with Crippen molar-refractivity contribution in [1.82, 2.24) is 14.7 Å². The molecule has 0 bridgehead atoms. The first-order chi connectivity index (χ1) is 13.0. The zero-order chi connectivity index (χ0) is 19.2. The average molecular weight is 410 g/mol. The molecule has 2 heterocycles. The second kappa shape index (κ2) is 9.58. The minimum atomic E-state index is -0.0877. The van der Waals surface area contributed by atoms with Crippen molar-refractivity contribution in [2.75, 3.05) is 45.8 Å². The van der Waals surface area contributed by atoms with Crippen molar-refractivity contribution in [3.63, 3.8) is 0 Å². The number of nitrogens with zero attached hydrogens (tertiary/aromatic N) is 3. The highest BCUT2D eigenvalue weighted by Crippen LogP contribution is 2.23. The van der Waals surface area contributed by atoms with Gasteiger partial charge < -0.3 is 14.7 Å². The van der Waals surface area contributed by atoms with E-state index in [9.17, 15) is 9.59 Å². The Balaban J connectivity index is 1.52. The number of amides is 2. The van der Waals surface area contributed by atoms with Gasteiger partial charge in [0.2, 0.25) is 11.8 Å². The Hall–Kier alpha value is -1.56. The molecule has 1 aromatic rings. The number of carbonyl (C=O) groups excluding carboxylic acids is 2. The van der Waals surface area contributed by atoms with Gasteiger partial charge in [0, 0.05) is 45.2 Å². The minimum Gasteiger partial charge on any atom is -0.340 e. The topological polar surface area (TPSA) is 43.9 Å². The van der Waals surface area contributed by atoms with E-state index in [0.29, 0.717) is 36.1 Å². The molecule has 27 heavy (non-hydrogen) atoms. The summed E-state index contributed by atoms with van der Waals surface area (Å²) in [5, 5.41) is 0.945. The molecule has 1 aromatic carbocycles. The smallest absolute Gasteiger partial charge is 0.246 e. The monoisotopic (exact) mass is 409 g/mol. The van der Waals surface area contributed by atoms with E-state index in [1.54, 1.807) is 23.1 Å². The Morgan fingerprint density at radius 3 is 2.52 bits per heavy atom. The number of rotatable bonds is 5. The maximum Gasteiger partial charge on any atom is 0.246 e. The van der Waals surface area contributed by atoms with Crippen molar-refractivity contribution >= 4 is 41.1 Å². The van der Waals surface area contributed by atoms with Gasteiger partial charge in [0.15, 0.2) is 0 Å². The second-order valence-electron chi connectivity index (χ2n) is 7.01. The van der Waals surface area contributed by atoms with Crippen LogP contribution in [0.15, 0.2) is 24.3 Å². The second-order valence-corrected chi connectivity index (χ2v) is 7.83. The molecule has 146 valence electrons. The largest absolute Gasteiger partial charge is 0.340 e. The Bertz CT molecular complexity index is 717. The zero-order valence-corrected chi connectivity index (χ0v) is 16.9. The summed E-state index contributed by atoms with van der Waals surface area (Å²) < 4.78 is 0. The lowest BCUT2D eigenvalue weighted by Gasteiger charge is -2.24. The van der Waals surface area contributed by atoms with Gasteiger partial charge in [-0.3, -0.25) is 9.59 Å². The van der Waals surface area contributed by atoms with E-state index >= 15 is 0 Å².